The van der Waals surface area contributed by atoms with Gasteiger partial charge in [-0.3, -0.25) is 9.59 Å². The Kier molecular flexibility index (Phi) is 14.9. The molecule has 1 aromatic carbocycles. The molecule has 10 nitrogen and oxygen atoms in total. The number of hydrogen-bond donors (Lipinski definition) is 4. The molecule has 2 aliphatic rings. The van der Waals surface area contributed by atoms with Crippen LogP contribution in [0.1, 0.15) is 79.7 Å². The minimum absolute atomic E-state index is 0.0254. The van der Waals surface area contributed by atoms with Crippen LogP contribution in [0.15, 0.2) is 54.2 Å². The molecule has 0 bridgehead atoms. The number of rotatable bonds is 13. The van der Waals surface area contributed by atoms with Crippen LogP contribution in [-0.2, 0) is 35.1 Å². The van der Waals surface area contributed by atoms with E-state index in [1.54, 1.807) is 58.3 Å². The molecule has 2 heterocycles. The van der Waals surface area contributed by atoms with E-state index in [2.05, 4.69) is 5.32 Å². The van der Waals surface area contributed by atoms with E-state index in [4.69, 9.17) is 18.9 Å². The van der Waals surface area contributed by atoms with Gasteiger partial charge in [-0.15, -0.1) is 0 Å². The molecule has 11 atom stereocenters. The first-order chi connectivity index (χ1) is 23.4. The van der Waals surface area contributed by atoms with Gasteiger partial charge in [-0.25, -0.2) is 8.78 Å². The van der Waals surface area contributed by atoms with Crippen LogP contribution < -0.4 is 5.32 Å². The molecule has 3 rings (SSSR count). The molecule has 0 aliphatic carbocycles. The molecule has 1 fully saturated rings. The Morgan fingerprint density at radius 2 is 1.92 bits per heavy atom. The number of allylic oxidation sites excluding steroid dienone is 2. The molecule has 280 valence electrons. The van der Waals surface area contributed by atoms with Gasteiger partial charge in [0.15, 0.2) is 11.6 Å². The van der Waals surface area contributed by atoms with Gasteiger partial charge in [-0.2, -0.15) is 0 Å². The number of epoxide rings is 1. The molecule has 0 spiro atoms. The maximum Gasteiger partial charge on any atom is 0.309 e. The van der Waals surface area contributed by atoms with E-state index in [0.717, 1.165) is 18.6 Å². The summed E-state index contributed by atoms with van der Waals surface area (Å²) in [5, 5.41) is 36.7. The Labute approximate surface area is 294 Å². The summed E-state index contributed by atoms with van der Waals surface area (Å²) >= 11 is 0. The lowest BCUT2D eigenvalue weighted by molar-refractivity contribution is -0.157. The summed E-state index contributed by atoms with van der Waals surface area (Å²) in [4.78, 5) is 24.7. The van der Waals surface area contributed by atoms with Crippen LogP contribution in [0, 0.1) is 23.5 Å². The number of methoxy groups -OCH3 is 1. The van der Waals surface area contributed by atoms with E-state index in [-0.39, 0.29) is 43.9 Å². The van der Waals surface area contributed by atoms with E-state index in [0.29, 0.717) is 11.1 Å². The third kappa shape index (κ3) is 11.5. The van der Waals surface area contributed by atoms with Crippen LogP contribution >= 0.6 is 0 Å². The third-order valence-corrected chi connectivity index (χ3v) is 9.70. The van der Waals surface area contributed by atoms with Crippen molar-refractivity contribution in [1.82, 2.24) is 5.32 Å². The zero-order valence-electron chi connectivity index (χ0n) is 30.4. The van der Waals surface area contributed by atoms with Gasteiger partial charge < -0.3 is 39.6 Å². The van der Waals surface area contributed by atoms with E-state index in [1.165, 1.54) is 19.9 Å². The van der Waals surface area contributed by atoms with Crippen molar-refractivity contribution in [1.29, 1.82) is 0 Å². The number of nitrogens with one attached hydrogen (secondary N) is 1. The molecule has 0 amide bonds. The number of esters is 2. The van der Waals surface area contributed by atoms with Crippen molar-refractivity contribution in [3.8, 4) is 0 Å². The summed E-state index contributed by atoms with van der Waals surface area (Å²) in [5.41, 5.74) is -1.87. The van der Waals surface area contributed by atoms with E-state index >= 15 is 0 Å². The Morgan fingerprint density at radius 1 is 1.22 bits per heavy atom. The van der Waals surface area contributed by atoms with Gasteiger partial charge in [0.25, 0.3) is 0 Å². The highest BCUT2D eigenvalue weighted by atomic mass is 19.2. The van der Waals surface area contributed by atoms with Crippen LogP contribution in [-0.4, -0.2) is 88.2 Å². The fourth-order valence-corrected chi connectivity index (χ4v) is 6.55. The summed E-state index contributed by atoms with van der Waals surface area (Å²) < 4.78 is 50.4. The lowest BCUT2D eigenvalue weighted by atomic mass is 9.87. The van der Waals surface area contributed by atoms with Crippen molar-refractivity contribution < 1.29 is 52.6 Å². The van der Waals surface area contributed by atoms with Crippen molar-refractivity contribution in [2.75, 3.05) is 7.11 Å². The predicted molar refractivity (Wildman–Crippen MR) is 184 cm³/mol. The van der Waals surface area contributed by atoms with Gasteiger partial charge in [0.05, 0.1) is 36.4 Å². The van der Waals surface area contributed by atoms with Gasteiger partial charge in [0.1, 0.15) is 23.9 Å². The minimum atomic E-state index is -1.50. The zero-order valence-corrected chi connectivity index (χ0v) is 30.4. The number of carbonyl (C=O) groups excluding carboxylic acids is 2. The maximum absolute atomic E-state index is 14.0. The first kappa shape index (κ1) is 41.4. The fourth-order valence-electron chi connectivity index (χ4n) is 6.55. The molecule has 4 N–H and O–H groups in total. The Morgan fingerprint density at radius 3 is 2.54 bits per heavy atom. The number of halogens is 2. The summed E-state index contributed by atoms with van der Waals surface area (Å²) in [6.07, 6.45) is 5.35. The number of benzene rings is 1. The van der Waals surface area contributed by atoms with Crippen molar-refractivity contribution in [2.24, 2.45) is 11.8 Å². The standard InChI is InChI=1S/C38H55F2NO9/c1-9-30(47-8)24(4)34-35(50-34)36(41-21-26-13-14-28(39)29(40)19-26)38(7,46)17-10-11-22(2)33-23(3)12-15-31(48-25(5)42)37(6,45)18-16-27(43)20-32(44)49-33/h10-15,17,19,23-24,27,30-31,33-36,41,43,45-46H,9,16,18,20-21H2,1-8H3/t23-,24+,27+,30-,31-,33+,34+,35-,36?,37+,38?/m0/s1. The number of aliphatic hydroxyl groups excluding tert-OH is 1. The van der Waals surface area contributed by atoms with Crippen LogP contribution in [0.2, 0.25) is 0 Å². The minimum Gasteiger partial charge on any atom is -0.457 e. The molecular weight excluding hydrogens is 652 g/mol. The van der Waals surface area contributed by atoms with Crippen LogP contribution in [0.3, 0.4) is 0 Å². The van der Waals surface area contributed by atoms with E-state index in [9.17, 15) is 33.7 Å². The lowest BCUT2D eigenvalue weighted by Gasteiger charge is -2.32. The van der Waals surface area contributed by atoms with Gasteiger partial charge in [0.2, 0.25) is 0 Å². The largest absolute Gasteiger partial charge is 0.457 e. The highest BCUT2D eigenvalue weighted by molar-refractivity contribution is 5.70. The van der Waals surface area contributed by atoms with Gasteiger partial charge in [-0.05, 0) is 69.4 Å². The summed E-state index contributed by atoms with van der Waals surface area (Å²) in [6.45, 7) is 12.1. The zero-order chi connectivity index (χ0) is 37.4. The Bertz CT molecular complexity index is 1390. The van der Waals surface area contributed by atoms with Crippen molar-refractivity contribution >= 4 is 11.9 Å². The highest BCUT2D eigenvalue weighted by Crippen LogP contribution is 2.39. The predicted octanol–water partition coefficient (Wildman–Crippen LogP) is 4.84. The normalized spacial score (nSPS) is 31.1. The van der Waals surface area contributed by atoms with Crippen LogP contribution in [0.4, 0.5) is 8.78 Å². The molecule has 50 heavy (non-hydrogen) atoms. The van der Waals surface area contributed by atoms with Crippen molar-refractivity contribution in [2.45, 2.75) is 135 Å². The molecule has 0 saturated carbocycles. The number of aliphatic hydroxyl groups is 3. The first-order valence-electron chi connectivity index (χ1n) is 17.3. The highest BCUT2D eigenvalue weighted by Gasteiger charge is 2.54. The molecule has 0 aromatic heterocycles. The second-order valence-electron chi connectivity index (χ2n) is 14.1. The summed E-state index contributed by atoms with van der Waals surface area (Å²) in [6, 6.07) is 2.98. The van der Waals surface area contributed by atoms with Crippen molar-refractivity contribution in [3.63, 3.8) is 0 Å². The summed E-state index contributed by atoms with van der Waals surface area (Å²) in [5.74, 6) is -3.51. The topological polar surface area (TPSA) is 147 Å². The van der Waals surface area contributed by atoms with E-state index in [1.807, 2.05) is 13.8 Å². The van der Waals surface area contributed by atoms with E-state index < -0.39 is 71.2 Å². The molecule has 1 aromatic rings. The second-order valence-corrected chi connectivity index (χ2v) is 14.1. The smallest absolute Gasteiger partial charge is 0.309 e. The summed E-state index contributed by atoms with van der Waals surface area (Å²) in [7, 11) is 1.65. The lowest BCUT2D eigenvalue weighted by Crippen LogP contribution is -2.52. The first-order valence-corrected chi connectivity index (χ1v) is 17.3. The molecule has 0 radical (unpaired) electrons. The van der Waals surface area contributed by atoms with Crippen LogP contribution in [0.25, 0.3) is 0 Å². The molecule has 12 heteroatoms. The molecule has 2 unspecified atom stereocenters. The number of cyclic esters (lactones) is 1. The molecular formula is C38H55F2NO9. The fraction of sp³-hybridized carbons (Fsp3) is 0.632. The third-order valence-electron chi connectivity index (χ3n) is 9.70. The maximum atomic E-state index is 14.0. The monoisotopic (exact) mass is 707 g/mol. The average Bonchev–Trinajstić information content (AvgIpc) is 3.82. The molecule has 2 aliphatic heterocycles. The van der Waals surface area contributed by atoms with Crippen molar-refractivity contribution in [3.05, 3.63) is 71.4 Å². The molecule has 1 saturated heterocycles. The van der Waals surface area contributed by atoms with Gasteiger partial charge in [0, 0.05) is 32.4 Å². The SMILES string of the molecule is CC[C@H](OC)[C@@H](C)[C@H]1O[C@@H]1C(NCc1ccc(F)c(F)c1)C(C)(O)C=CC=C(C)[C@H]1OC(=O)C[C@H](O)CC[C@@](C)(O)[C@@H](OC(C)=O)C=C[C@@H]1C. The number of ether oxygens (including phenoxy) is 4. The second kappa shape index (κ2) is 18.0. The number of hydrogen-bond acceptors (Lipinski definition) is 10. The Hall–Kier alpha value is -3.00. The van der Waals surface area contributed by atoms with Gasteiger partial charge in [-0.1, -0.05) is 51.1 Å². The van der Waals surface area contributed by atoms with Crippen LogP contribution in [0.5, 0.6) is 0 Å². The van der Waals surface area contributed by atoms with Gasteiger partial charge >= 0.3 is 11.9 Å². The average molecular weight is 708 g/mol. The number of carbonyl (C=O) groups is 2. The Balaban J connectivity index is 1.88. The quantitative estimate of drug-likeness (QED) is 0.0973.